The summed E-state index contributed by atoms with van der Waals surface area (Å²) in [6.45, 7) is 7.97. The summed E-state index contributed by atoms with van der Waals surface area (Å²) in [5.41, 5.74) is 0.455. The van der Waals surface area contributed by atoms with Crippen molar-refractivity contribution in [2.75, 3.05) is 6.54 Å². The first-order valence-corrected chi connectivity index (χ1v) is 5.28. The third kappa shape index (κ3) is 3.77. The first-order valence-electron chi connectivity index (χ1n) is 4.85. The fourth-order valence-corrected chi connectivity index (χ4v) is 1.80. The van der Waals surface area contributed by atoms with E-state index >= 15 is 0 Å². The topological polar surface area (TPSA) is 12.0 Å². The SMILES string of the molecule is CC(C)(C)CCNC1CC(Cl)C1. The maximum atomic E-state index is 5.87. The molecule has 0 unspecified atom stereocenters. The molecular weight excluding hydrogens is 170 g/mol. The Labute approximate surface area is 80.9 Å². The van der Waals surface area contributed by atoms with Gasteiger partial charge < -0.3 is 5.32 Å². The van der Waals surface area contributed by atoms with Crippen LogP contribution in [0, 0.1) is 5.41 Å². The van der Waals surface area contributed by atoms with Crippen LogP contribution in [0.25, 0.3) is 0 Å². The van der Waals surface area contributed by atoms with Crippen molar-refractivity contribution in [3.05, 3.63) is 0 Å². The molecule has 12 heavy (non-hydrogen) atoms. The van der Waals surface area contributed by atoms with Gasteiger partial charge in [-0.3, -0.25) is 0 Å². The average Bonchev–Trinajstić information content (AvgIpc) is 1.81. The van der Waals surface area contributed by atoms with Gasteiger partial charge >= 0.3 is 0 Å². The van der Waals surface area contributed by atoms with Crippen molar-refractivity contribution in [3.8, 4) is 0 Å². The highest BCUT2D eigenvalue weighted by atomic mass is 35.5. The van der Waals surface area contributed by atoms with E-state index in [1.54, 1.807) is 0 Å². The maximum Gasteiger partial charge on any atom is 0.0365 e. The fraction of sp³-hybridized carbons (Fsp3) is 1.00. The molecule has 0 heterocycles. The Kier molecular flexibility index (Phi) is 3.42. The predicted octanol–water partition coefficient (Wildman–Crippen LogP) is 2.78. The molecule has 1 rings (SSSR count). The minimum absolute atomic E-state index is 0.442. The van der Waals surface area contributed by atoms with Crippen molar-refractivity contribution >= 4 is 11.6 Å². The van der Waals surface area contributed by atoms with Crippen LogP contribution >= 0.6 is 11.6 Å². The Morgan fingerprint density at radius 2 is 1.92 bits per heavy atom. The van der Waals surface area contributed by atoms with E-state index in [1.165, 1.54) is 6.42 Å². The van der Waals surface area contributed by atoms with Crippen molar-refractivity contribution in [3.63, 3.8) is 0 Å². The Morgan fingerprint density at radius 3 is 2.33 bits per heavy atom. The number of nitrogens with one attached hydrogen (secondary N) is 1. The van der Waals surface area contributed by atoms with Crippen LogP contribution < -0.4 is 5.32 Å². The van der Waals surface area contributed by atoms with E-state index in [2.05, 4.69) is 26.1 Å². The van der Waals surface area contributed by atoms with Gasteiger partial charge in [-0.1, -0.05) is 20.8 Å². The number of halogens is 1. The molecule has 1 aliphatic carbocycles. The second kappa shape index (κ2) is 3.97. The molecule has 0 amide bonds. The van der Waals surface area contributed by atoms with Gasteiger partial charge in [-0.05, 0) is 31.2 Å². The van der Waals surface area contributed by atoms with Gasteiger partial charge in [-0.2, -0.15) is 0 Å². The normalized spacial score (nSPS) is 30.0. The molecule has 0 aliphatic heterocycles. The standard InChI is InChI=1S/C10H20ClN/c1-10(2,3)4-5-12-9-6-8(11)7-9/h8-9,12H,4-7H2,1-3H3. The molecule has 0 radical (unpaired) electrons. The third-order valence-corrected chi connectivity index (χ3v) is 2.74. The molecular formula is C10H20ClN. The molecule has 0 bridgehead atoms. The van der Waals surface area contributed by atoms with Crippen molar-refractivity contribution in [1.29, 1.82) is 0 Å². The zero-order valence-electron chi connectivity index (χ0n) is 8.36. The molecule has 1 nitrogen and oxygen atoms in total. The molecule has 1 N–H and O–H groups in total. The molecule has 1 saturated carbocycles. The zero-order chi connectivity index (χ0) is 9.19. The maximum absolute atomic E-state index is 5.87. The Hall–Kier alpha value is 0.250. The van der Waals surface area contributed by atoms with Gasteiger partial charge in [-0.25, -0.2) is 0 Å². The van der Waals surface area contributed by atoms with Crippen LogP contribution in [0.5, 0.6) is 0 Å². The Bertz CT molecular complexity index is 133. The van der Waals surface area contributed by atoms with Gasteiger partial charge in [-0.15, -0.1) is 11.6 Å². The lowest BCUT2D eigenvalue weighted by molar-refractivity contribution is 0.306. The Morgan fingerprint density at radius 1 is 1.33 bits per heavy atom. The van der Waals surface area contributed by atoms with Gasteiger partial charge in [0.15, 0.2) is 0 Å². The lowest BCUT2D eigenvalue weighted by Gasteiger charge is -2.32. The van der Waals surface area contributed by atoms with Gasteiger partial charge in [0, 0.05) is 11.4 Å². The van der Waals surface area contributed by atoms with Crippen LogP contribution in [0.15, 0.2) is 0 Å². The first kappa shape index (κ1) is 10.3. The number of alkyl halides is 1. The van der Waals surface area contributed by atoms with E-state index in [4.69, 9.17) is 11.6 Å². The quantitative estimate of drug-likeness (QED) is 0.674. The minimum atomic E-state index is 0.442. The molecule has 0 aromatic heterocycles. The molecule has 2 heteroatoms. The van der Waals surface area contributed by atoms with E-state index in [-0.39, 0.29) is 0 Å². The highest BCUT2D eigenvalue weighted by molar-refractivity contribution is 6.21. The summed E-state index contributed by atoms with van der Waals surface area (Å²) in [6, 6.07) is 0.704. The number of hydrogen-bond donors (Lipinski definition) is 1. The van der Waals surface area contributed by atoms with Crippen LogP contribution in [-0.2, 0) is 0 Å². The van der Waals surface area contributed by atoms with Crippen LogP contribution in [0.3, 0.4) is 0 Å². The van der Waals surface area contributed by atoms with E-state index in [0.29, 0.717) is 16.8 Å². The summed E-state index contributed by atoms with van der Waals surface area (Å²) < 4.78 is 0. The molecule has 72 valence electrons. The van der Waals surface area contributed by atoms with E-state index in [9.17, 15) is 0 Å². The monoisotopic (exact) mass is 189 g/mol. The molecule has 0 spiro atoms. The van der Waals surface area contributed by atoms with E-state index in [1.807, 2.05) is 0 Å². The van der Waals surface area contributed by atoms with Gasteiger partial charge in [0.25, 0.3) is 0 Å². The summed E-state index contributed by atoms with van der Waals surface area (Å²) in [4.78, 5) is 0. The van der Waals surface area contributed by atoms with Gasteiger partial charge in [0.2, 0.25) is 0 Å². The van der Waals surface area contributed by atoms with Crippen molar-refractivity contribution in [1.82, 2.24) is 5.32 Å². The van der Waals surface area contributed by atoms with Crippen molar-refractivity contribution < 1.29 is 0 Å². The van der Waals surface area contributed by atoms with Crippen molar-refractivity contribution in [2.45, 2.75) is 51.5 Å². The average molecular weight is 190 g/mol. The van der Waals surface area contributed by atoms with Crippen molar-refractivity contribution in [2.24, 2.45) is 5.41 Å². The van der Waals surface area contributed by atoms with E-state index in [0.717, 1.165) is 19.4 Å². The number of rotatable bonds is 3. The summed E-state index contributed by atoms with van der Waals surface area (Å²) in [7, 11) is 0. The molecule has 0 aromatic carbocycles. The highest BCUT2D eigenvalue weighted by Gasteiger charge is 2.26. The molecule has 0 atom stereocenters. The second-order valence-corrected chi connectivity index (χ2v) is 5.65. The summed E-state index contributed by atoms with van der Waals surface area (Å²) in [6.07, 6.45) is 3.56. The minimum Gasteiger partial charge on any atom is -0.314 e. The van der Waals surface area contributed by atoms with Crippen LogP contribution in [0.2, 0.25) is 0 Å². The molecule has 0 saturated heterocycles. The fourth-order valence-electron chi connectivity index (χ4n) is 1.37. The lowest BCUT2D eigenvalue weighted by atomic mass is 9.90. The van der Waals surface area contributed by atoms with Gasteiger partial charge in [0.05, 0.1) is 0 Å². The predicted molar refractivity (Wildman–Crippen MR) is 54.7 cm³/mol. The highest BCUT2D eigenvalue weighted by Crippen LogP contribution is 2.25. The lowest BCUT2D eigenvalue weighted by Crippen LogP contribution is -2.42. The summed E-state index contributed by atoms with van der Waals surface area (Å²) in [5.74, 6) is 0. The largest absolute Gasteiger partial charge is 0.314 e. The zero-order valence-corrected chi connectivity index (χ0v) is 9.12. The van der Waals surface area contributed by atoms with E-state index < -0.39 is 0 Å². The molecule has 0 aromatic rings. The van der Waals surface area contributed by atoms with Crippen LogP contribution in [0.4, 0.5) is 0 Å². The van der Waals surface area contributed by atoms with Crippen LogP contribution in [-0.4, -0.2) is 18.0 Å². The molecule has 1 aliphatic rings. The summed E-state index contributed by atoms with van der Waals surface area (Å²) in [5, 5.41) is 3.96. The first-order chi connectivity index (χ1) is 5.47. The second-order valence-electron chi connectivity index (χ2n) is 5.03. The molecule has 1 fully saturated rings. The smallest absolute Gasteiger partial charge is 0.0365 e. The van der Waals surface area contributed by atoms with Crippen LogP contribution in [0.1, 0.15) is 40.0 Å². The number of hydrogen-bond acceptors (Lipinski definition) is 1. The third-order valence-electron chi connectivity index (χ3n) is 2.39. The van der Waals surface area contributed by atoms with Gasteiger partial charge in [0.1, 0.15) is 0 Å². The summed E-state index contributed by atoms with van der Waals surface area (Å²) >= 11 is 5.87. The Balaban J connectivity index is 1.97.